The summed E-state index contributed by atoms with van der Waals surface area (Å²) in [5, 5.41) is 2.82. The zero-order valence-corrected chi connectivity index (χ0v) is 21.7. The minimum atomic E-state index is -0.531. The van der Waals surface area contributed by atoms with E-state index in [1.54, 1.807) is 32.4 Å². The molecule has 0 aliphatic carbocycles. The lowest BCUT2D eigenvalue weighted by atomic mass is 10.1. The van der Waals surface area contributed by atoms with E-state index in [0.717, 1.165) is 10.5 Å². The van der Waals surface area contributed by atoms with E-state index in [1.165, 1.54) is 25.8 Å². The van der Waals surface area contributed by atoms with Gasteiger partial charge in [-0.15, -0.1) is 0 Å². The number of imide groups is 1. The van der Waals surface area contributed by atoms with Crippen molar-refractivity contribution in [3.63, 3.8) is 0 Å². The number of aliphatic imine (C=N–C) groups is 2. The predicted octanol–water partition coefficient (Wildman–Crippen LogP) is 1.28. The summed E-state index contributed by atoms with van der Waals surface area (Å²) in [5.74, 6) is 1.54. The topological polar surface area (TPSA) is 131 Å². The highest BCUT2D eigenvalue weighted by molar-refractivity contribution is 6.70. The van der Waals surface area contributed by atoms with E-state index >= 15 is 0 Å². The molecule has 0 unspecified atom stereocenters. The van der Waals surface area contributed by atoms with Crippen LogP contribution in [0.2, 0.25) is 0 Å². The Morgan fingerprint density at radius 1 is 0.947 bits per heavy atom. The van der Waals surface area contributed by atoms with E-state index < -0.39 is 11.9 Å². The summed E-state index contributed by atoms with van der Waals surface area (Å²) in [7, 11) is 7.53. The monoisotopic (exact) mass is 522 g/mol. The quantitative estimate of drug-likeness (QED) is 0.465. The molecule has 0 radical (unpaired) electrons. The van der Waals surface area contributed by atoms with Crippen molar-refractivity contribution in [2.45, 2.75) is 6.42 Å². The van der Waals surface area contributed by atoms with Crippen LogP contribution in [0.3, 0.4) is 0 Å². The van der Waals surface area contributed by atoms with Crippen LogP contribution in [-0.4, -0.2) is 93.3 Å². The first-order valence-electron chi connectivity index (χ1n) is 11.7. The second kappa shape index (κ2) is 11.1. The molecule has 0 aromatic heterocycles. The Morgan fingerprint density at radius 3 is 2.34 bits per heavy atom. The molecule has 4 amide bonds. The first-order chi connectivity index (χ1) is 18.3. The summed E-state index contributed by atoms with van der Waals surface area (Å²) in [6, 6.07) is 10.1. The zero-order valence-electron chi connectivity index (χ0n) is 21.7. The number of nitrogens with one attached hydrogen (secondary N) is 1. The molecule has 0 spiro atoms. The van der Waals surface area contributed by atoms with Gasteiger partial charge in [-0.2, -0.15) is 14.5 Å². The molecule has 12 nitrogen and oxygen atoms in total. The maximum Gasteiger partial charge on any atom is 0.446 e. The van der Waals surface area contributed by atoms with Gasteiger partial charge in [0.15, 0.2) is 29.6 Å². The number of rotatable bonds is 10. The Balaban J connectivity index is 1.41. The number of urea groups is 1. The van der Waals surface area contributed by atoms with Crippen molar-refractivity contribution in [1.29, 1.82) is 0 Å². The fraction of sp³-hybridized carbons (Fsp3) is 0.308. The number of hydrogen-bond acceptors (Lipinski definition) is 9. The molecule has 0 saturated heterocycles. The van der Waals surface area contributed by atoms with Crippen LogP contribution in [0.15, 0.2) is 46.4 Å². The van der Waals surface area contributed by atoms with Gasteiger partial charge in [0.25, 0.3) is 5.91 Å². The van der Waals surface area contributed by atoms with E-state index in [9.17, 15) is 14.4 Å². The minimum Gasteiger partial charge on any atom is -0.493 e. The second-order valence-electron chi connectivity index (χ2n) is 8.37. The molecule has 2 aliphatic heterocycles. The summed E-state index contributed by atoms with van der Waals surface area (Å²) >= 11 is 0. The average Bonchev–Trinajstić information content (AvgIpc) is 3.39. The number of carbonyl (C=O) groups excluding carboxylic acids is 3. The molecule has 0 atom stereocenters. The number of benzene rings is 2. The van der Waals surface area contributed by atoms with Gasteiger partial charge in [0.2, 0.25) is 11.5 Å². The van der Waals surface area contributed by atoms with Crippen LogP contribution in [0.1, 0.15) is 11.1 Å². The van der Waals surface area contributed by atoms with Crippen LogP contribution < -0.4 is 24.3 Å². The fourth-order valence-corrected chi connectivity index (χ4v) is 3.91. The molecule has 2 aromatic carbocycles. The SMILES string of the molecule is COc1ccc(CCNC(=O)COc2cc(C3=NC4=[N+](C)C(=O)N(C)C(=O)C4=N3)ccc2OC)cc1OC. The molecule has 0 fully saturated rings. The molecule has 2 aromatic rings. The van der Waals surface area contributed by atoms with Crippen LogP contribution in [-0.2, 0) is 16.0 Å². The standard InChI is InChI=1S/C26H27N5O7/c1-30-24-22(25(33)31(2)26(30)34)28-23(29-24)16-7-9-18(36-4)20(13-16)38-14-21(32)27-11-10-15-6-8-17(35-3)19(12-15)37-5/h6-9,12-13H,10-11,14H2,1-5H3/p+1. The van der Waals surface area contributed by atoms with Crippen LogP contribution in [0.4, 0.5) is 4.79 Å². The van der Waals surface area contributed by atoms with Crippen molar-refractivity contribution < 1.29 is 37.9 Å². The van der Waals surface area contributed by atoms with Gasteiger partial charge in [0, 0.05) is 12.1 Å². The number of ether oxygens (including phenoxy) is 4. The molecule has 2 heterocycles. The Kier molecular flexibility index (Phi) is 7.70. The summed E-state index contributed by atoms with van der Waals surface area (Å²) < 4.78 is 22.9. The number of carbonyl (C=O) groups is 3. The average molecular weight is 523 g/mol. The lowest BCUT2D eigenvalue weighted by Crippen LogP contribution is -2.51. The van der Waals surface area contributed by atoms with Crippen molar-refractivity contribution >= 4 is 35.2 Å². The highest BCUT2D eigenvalue weighted by Crippen LogP contribution is 2.30. The van der Waals surface area contributed by atoms with Gasteiger partial charge in [0.05, 0.1) is 35.4 Å². The van der Waals surface area contributed by atoms with Crippen LogP contribution >= 0.6 is 0 Å². The summed E-state index contributed by atoms with van der Waals surface area (Å²) in [6.45, 7) is 0.154. The summed E-state index contributed by atoms with van der Waals surface area (Å²) in [4.78, 5) is 46.8. The van der Waals surface area contributed by atoms with Gasteiger partial charge in [-0.05, 0) is 42.3 Å². The molecule has 4 rings (SSSR count). The van der Waals surface area contributed by atoms with Crippen LogP contribution in [0.5, 0.6) is 23.0 Å². The van der Waals surface area contributed by atoms with Gasteiger partial charge in [-0.25, -0.2) is 9.59 Å². The molecule has 0 saturated carbocycles. The van der Waals surface area contributed by atoms with E-state index in [2.05, 4.69) is 15.3 Å². The van der Waals surface area contributed by atoms with E-state index in [0.29, 0.717) is 41.5 Å². The van der Waals surface area contributed by atoms with Gasteiger partial charge < -0.3 is 24.3 Å². The Labute approximate surface area is 219 Å². The Bertz CT molecular complexity index is 1400. The van der Waals surface area contributed by atoms with Crippen molar-refractivity contribution in [3.8, 4) is 23.0 Å². The smallest absolute Gasteiger partial charge is 0.446 e. The molecule has 38 heavy (non-hydrogen) atoms. The molecule has 198 valence electrons. The number of hydrogen-bond donors (Lipinski definition) is 1. The number of fused-ring (bicyclic) bond motifs is 1. The summed E-state index contributed by atoms with van der Waals surface area (Å²) in [6.07, 6.45) is 0.592. The van der Waals surface area contributed by atoms with E-state index in [-0.39, 0.29) is 29.9 Å². The third-order valence-electron chi connectivity index (χ3n) is 6.00. The maximum atomic E-state index is 12.5. The lowest BCUT2D eigenvalue weighted by molar-refractivity contribution is -0.401. The first-order valence-corrected chi connectivity index (χ1v) is 11.7. The van der Waals surface area contributed by atoms with E-state index in [1.807, 2.05) is 18.2 Å². The van der Waals surface area contributed by atoms with Crippen molar-refractivity contribution in [2.24, 2.45) is 9.98 Å². The zero-order chi connectivity index (χ0) is 27.4. The van der Waals surface area contributed by atoms with Crippen LogP contribution in [0.25, 0.3) is 0 Å². The van der Waals surface area contributed by atoms with Gasteiger partial charge in [-0.1, -0.05) is 11.1 Å². The van der Waals surface area contributed by atoms with Crippen LogP contribution in [0, 0.1) is 0 Å². The van der Waals surface area contributed by atoms with Crippen molar-refractivity contribution in [3.05, 3.63) is 47.5 Å². The Hall–Kier alpha value is -4.74. The van der Waals surface area contributed by atoms with Gasteiger partial charge >= 0.3 is 17.8 Å². The molecular formula is C26H28N5O7+. The number of amidine groups is 2. The third-order valence-corrected chi connectivity index (χ3v) is 6.00. The molecule has 2 aliphatic rings. The van der Waals surface area contributed by atoms with Gasteiger partial charge in [0.1, 0.15) is 0 Å². The highest BCUT2D eigenvalue weighted by atomic mass is 16.5. The third kappa shape index (κ3) is 5.19. The highest BCUT2D eigenvalue weighted by Gasteiger charge is 2.44. The predicted molar refractivity (Wildman–Crippen MR) is 138 cm³/mol. The number of methoxy groups -OCH3 is 3. The first kappa shape index (κ1) is 26.3. The number of amides is 4. The maximum absolute atomic E-state index is 12.5. The normalized spacial score (nSPS) is 14.6. The minimum absolute atomic E-state index is 0.0803. The Morgan fingerprint density at radius 2 is 1.63 bits per heavy atom. The molecule has 12 heteroatoms. The van der Waals surface area contributed by atoms with Crippen molar-refractivity contribution in [2.75, 3.05) is 48.6 Å². The largest absolute Gasteiger partial charge is 0.493 e. The molecule has 1 N–H and O–H groups in total. The molecule has 0 bridgehead atoms. The molecular weight excluding hydrogens is 494 g/mol. The number of nitrogens with zero attached hydrogens (tertiary/aromatic N) is 4. The summed E-state index contributed by atoms with van der Waals surface area (Å²) in [5.41, 5.74) is 1.59. The fourth-order valence-electron chi connectivity index (χ4n) is 3.91. The lowest BCUT2D eigenvalue weighted by Gasteiger charge is -2.15. The van der Waals surface area contributed by atoms with Gasteiger partial charge in [-0.3, -0.25) is 4.79 Å². The van der Waals surface area contributed by atoms with E-state index in [4.69, 9.17) is 18.9 Å². The second-order valence-corrected chi connectivity index (χ2v) is 8.37. The van der Waals surface area contributed by atoms with Crippen molar-refractivity contribution in [1.82, 2.24) is 10.2 Å².